The summed E-state index contributed by atoms with van der Waals surface area (Å²) >= 11 is 0. The zero-order chi connectivity index (χ0) is 19.7. The summed E-state index contributed by atoms with van der Waals surface area (Å²) in [5.74, 6) is 0.607. The monoisotopic (exact) mass is 387 g/mol. The number of hydrogen-bond donors (Lipinski definition) is 0. The molecule has 28 heavy (non-hydrogen) atoms. The minimum Gasteiger partial charge on any atom is -0.378 e. The molecule has 4 rings (SSSR count). The van der Waals surface area contributed by atoms with Crippen LogP contribution < -0.4 is 0 Å². The van der Waals surface area contributed by atoms with Crippen LogP contribution in [0, 0.1) is 6.92 Å². The van der Waals surface area contributed by atoms with E-state index in [4.69, 9.17) is 9.26 Å². The number of carbonyl (C=O) groups is 2. The molecule has 1 saturated heterocycles. The second kappa shape index (κ2) is 7.75. The van der Waals surface area contributed by atoms with Gasteiger partial charge in [-0.2, -0.15) is 5.10 Å². The minimum atomic E-state index is -0.137. The van der Waals surface area contributed by atoms with Crippen LogP contribution in [0.4, 0.5) is 0 Å². The zero-order valence-electron chi connectivity index (χ0n) is 16.3. The van der Waals surface area contributed by atoms with E-state index in [1.165, 1.54) is 0 Å². The standard InChI is InChI=1S/C19H25N5O4/c1-13-11-16(21-28-13)19(26)24-6-5-17-14(12-24)15(20-22(17)2)3-4-18(25)23-7-9-27-10-8-23/h11H,3-10,12H2,1-2H3. The summed E-state index contributed by atoms with van der Waals surface area (Å²) < 4.78 is 12.2. The van der Waals surface area contributed by atoms with Crippen molar-refractivity contribution >= 4 is 11.8 Å². The van der Waals surface area contributed by atoms with Crippen LogP contribution in [-0.2, 0) is 36.0 Å². The number of rotatable bonds is 4. The molecule has 0 radical (unpaired) electrons. The minimum absolute atomic E-state index is 0.129. The molecule has 1 fully saturated rings. The summed E-state index contributed by atoms with van der Waals surface area (Å²) in [5, 5.41) is 8.47. The summed E-state index contributed by atoms with van der Waals surface area (Å²) in [5.41, 5.74) is 3.41. The fraction of sp³-hybridized carbons (Fsp3) is 0.579. The predicted molar refractivity (Wildman–Crippen MR) is 98.6 cm³/mol. The van der Waals surface area contributed by atoms with Crippen molar-refractivity contribution in [3.8, 4) is 0 Å². The molecule has 4 heterocycles. The van der Waals surface area contributed by atoms with Crippen molar-refractivity contribution in [2.75, 3.05) is 32.8 Å². The van der Waals surface area contributed by atoms with Crippen molar-refractivity contribution in [3.63, 3.8) is 0 Å². The van der Waals surface area contributed by atoms with E-state index >= 15 is 0 Å². The van der Waals surface area contributed by atoms with E-state index < -0.39 is 0 Å². The molecule has 2 aliphatic rings. The summed E-state index contributed by atoms with van der Waals surface area (Å²) in [7, 11) is 1.92. The van der Waals surface area contributed by atoms with Gasteiger partial charge in [0, 0.05) is 69.8 Å². The van der Waals surface area contributed by atoms with Crippen LogP contribution in [0.25, 0.3) is 0 Å². The highest BCUT2D eigenvalue weighted by Crippen LogP contribution is 2.24. The molecule has 0 unspecified atom stereocenters. The molecular formula is C19H25N5O4. The number of amides is 2. The van der Waals surface area contributed by atoms with Gasteiger partial charge < -0.3 is 19.1 Å². The van der Waals surface area contributed by atoms with E-state index in [0.29, 0.717) is 63.7 Å². The van der Waals surface area contributed by atoms with Gasteiger partial charge in [0.25, 0.3) is 5.91 Å². The fourth-order valence-electron chi connectivity index (χ4n) is 3.87. The summed E-state index contributed by atoms with van der Waals surface area (Å²) in [6, 6.07) is 1.66. The van der Waals surface area contributed by atoms with Crippen LogP contribution in [0.2, 0.25) is 0 Å². The van der Waals surface area contributed by atoms with Gasteiger partial charge >= 0.3 is 0 Å². The molecule has 0 aromatic carbocycles. The number of aryl methyl sites for hydroxylation is 3. The first-order chi connectivity index (χ1) is 13.5. The fourth-order valence-corrected chi connectivity index (χ4v) is 3.87. The van der Waals surface area contributed by atoms with E-state index in [9.17, 15) is 9.59 Å². The van der Waals surface area contributed by atoms with Gasteiger partial charge in [-0.1, -0.05) is 5.16 Å². The lowest BCUT2D eigenvalue weighted by atomic mass is 10.0. The number of nitrogens with zero attached hydrogens (tertiary/aromatic N) is 5. The topological polar surface area (TPSA) is 93.7 Å². The Hall–Kier alpha value is -2.68. The van der Waals surface area contributed by atoms with Crippen LogP contribution in [0.5, 0.6) is 0 Å². The molecule has 0 bridgehead atoms. The van der Waals surface area contributed by atoms with Crippen LogP contribution >= 0.6 is 0 Å². The van der Waals surface area contributed by atoms with Crippen molar-refractivity contribution in [2.45, 2.75) is 32.7 Å². The summed E-state index contributed by atoms with van der Waals surface area (Å²) in [6.45, 7) is 5.37. The number of fused-ring (bicyclic) bond motifs is 1. The van der Waals surface area contributed by atoms with Crippen LogP contribution in [0.3, 0.4) is 0 Å². The molecule has 150 valence electrons. The maximum atomic E-state index is 12.7. The van der Waals surface area contributed by atoms with Crippen molar-refractivity contribution in [3.05, 3.63) is 34.5 Å². The Labute approximate surface area is 163 Å². The Bertz CT molecular complexity index is 881. The Morgan fingerprint density at radius 1 is 1.18 bits per heavy atom. The average Bonchev–Trinajstić information content (AvgIpc) is 3.29. The first kappa shape index (κ1) is 18.7. The largest absolute Gasteiger partial charge is 0.378 e. The highest BCUT2D eigenvalue weighted by atomic mass is 16.5. The third kappa shape index (κ3) is 3.66. The first-order valence-corrected chi connectivity index (χ1v) is 9.64. The lowest BCUT2D eigenvalue weighted by Gasteiger charge is -2.27. The Balaban J connectivity index is 1.45. The molecule has 9 nitrogen and oxygen atoms in total. The number of ether oxygens (including phenoxy) is 1. The molecule has 0 N–H and O–H groups in total. The predicted octanol–water partition coefficient (Wildman–Crippen LogP) is 0.706. The summed E-state index contributed by atoms with van der Waals surface area (Å²) in [4.78, 5) is 28.8. The molecule has 2 aromatic rings. The third-order valence-electron chi connectivity index (χ3n) is 5.40. The van der Waals surface area contributed by atoms with Gasteiger partial charge in [-0.25, -0.2) is 0 Å². The Morgan fingerprint density at radius 3 is 2.68 bits per heavy atom. The molecule has 0 saturated carbocycles. The highest BCUT2D eigenvalue weighted by Gasteiger charge is 2.29. The van der Waals surface area contributed by atoms with Gasteiger partial charge in [0.05, 0.1) is 18.9 Å². The number of aromatic nitrogens is 3. The van der Waals surface area contributed by atoms with Crippen LogP contribution in [0.15, 0.2) is 10.6 Å². The van der Waals surface area contributed by atoms with E-state index in [1.54, 1.807) is 17.9 Å². The van der Waals surface area contributed by atoms with Crippen LogP contribution in [-0.4, -0.2) is 69.4 Å². The van der Waals surface area contributed by atoms with E-state index in [2.05, 4.69) is 10.3 Å². The van der Waals surface area contributed by atoms with Gasteiger partial charge in [0.15, 0.2) is 5.69 Å². The van der Waals surface area contributed by atoms with Gasteiger partial charge in [0.1, 0.15) is 5.76 Å². The first-order valence-electron chi connectivity index (χ1n) is 9.64. The van der Waals surface area contributed by atoms with Crippen molar-refractivity contribution in [1.82, 2.24) is 24.7 Å². The Kier molecular flexibility index (Phi) is 5.17. The van der Waals surface area contributed by atoms with Gasteiger partial charge in [-0.3, -0.25) is 14.3 Å². The van der Waals surface area contributed by atoms with E-state index in [1.807, 2.05) is 16.6 Å². The third-order valence-corrected chi connectivity index (χ3v) is 5.40. The normalized spacial score (nSPS) is 16.9. The molecule has 9 heteroatoms. The number of hydrogen-bond acceptors (Lipinski definition) is 6. The lowest BCUT2D eigenvalue weighted by Crippen LogP contribution is -2.40. The quantitative estimate of drug-likeness (QED) is 0.767. The van der Waals surface area contributed by atoms with E-state index in [-0.39, 0.29) is 11.8 Å². The van der Waals surface area contributed by atoms with Crippen molar-refractivity contribution < 1.29 is 18.8 Å². The highest BCUT2D eigenvalue weighted by molar-refractivity contribution is 5.92. The van der Waals surface area contributed by atoms with Crippen LogP contribution in [0.1, 0.15) is 39.6 Å². The average molecular weight is 387 g/mol. The smallest absolute Gasteiger partial charge is 0.276 e. The molecule has 2 amide bonds. The zero-order valence-corrected chi connectivity index (χ0v) is 16.3. The van der Waals surface area contributed by atoms with E-state index in [0.717, 1.165) is 23.4 Å². The molecule has 0 aliphatic carbocycles. The molecule has 2 aromatic heterocycles. The molecule has 0 spiro atoms. The lowest BCUT2D eigenvalue weighted by molar-refractivity contribution is -0.135. The number of morpholine rings is 1. The summed E-state index contributed by atoms with van der Waals surface area (Å²) in [6.07, 6.45) is 1.73. The van der Waals surface area contributed by atoms with Gasteiger partial charge in [0.2, 0.25) is 5.91 Å². The SMILES string of the molecule is Cc1cc(C(=O)N2CCc3c(c(CCC(=O)N4CCOCC4)nn3C)C2)no1. The molecular weight excluding hydrogens is 362 g/mol. The maximum Gasteiger partial charge on any atom is 0.276 e. The molecule has 0 atom stereocenters. The molecule has 2 aliphatic heterocycles. The Morgan fingerprint density at radius 2 is 1.96 bits per heavy atom. The second-order valence-electron chi connectivity index (χ2n) is 7.29. The number of carbonyl (C=O) groups excluding carboxylic acids is 2. The van der Waals surface area contributed by atoms with Crippen molar-refractivity contribution in [1.29, 1.82) is 0 Å². The van der Waals surface area contributed by atoms with Gasteiger partial charge in [-0.05, 0) is 6.92 Å². The maximum absolute atomic E-state index is 12.7. The van der Waals surface area contributed by atoms with Gasteiger partial charge in [-0.15, -0.1) is 0 Å². The van der Waals surface area contributed by atoms with Crippen molar-refractivity contribution in [2.24, 2.45) is 7.05 Å². The second-order valence-corrected chi connectivity index (χ2v) is 7.29.